The van der Waals surface area contributed by atoms with Gasteiger partial charge in [0.2, 0.25) is 0 Å². The standard InChI is InChI=1S/C14H17ClFNO3S/c1-10-5-3-2-4-8-17(10)14(18)12-9-11(16)6-7-13(12)21(15,19)20/h6-7,9-10H,2-5,8H2,1H3. The molecule has 1 fully saturated rings. The first-order valence-corrected chi connectivity index (χ1v) is 9.17. The Morgan fingerprint density at radius 2 is 2.05 bits per heavy atom. The maximum Gasteiger partial charge on any atom is 0.262 e. The molecule has 0 spiro atoms. The third kappa shape index (κ3) is 3.74. The minimum absolute atomic E-state index is 0.00542. The Bertz CT molecular complexity index is 648. The quantitative estimate of drug-likeness (QED) is 0.781. The van der Waals surface area contributed by atoms with Gasteiger partial charge >= 0.3 is 0 Å². The number of amides is 1. The SMILES string of the molecule is CC1CCCCCN1C(=O)c1cc(F)ccc1S(=O)(=O)Cl. The minimum Gasteiger partial charge on any atom is -0.336 e. The highest BCUT2D eigenvalue weighted by Gasteiger charge is 2.28. The number of hydrogen-bond donors (Lipinski definition) is 0. The Hall–Kier alpha value is -1.14. The second-order valence-electron chi connectivity index (χ2n) is 5.28. The van der Waals surface area contributed by atoms with Crippen molar-refractivity contribution >= 4 is 25.6 Å². The maximum atomic E-state index is 13.4. The van der Waals surface area contributed by atoms with Gasteiger partial charge < -0.3 is 4.90 Å². The highest BCUT2D eigenvalue weighted by Crippen LogP contribution is 2.25. The molecule has 21 heavy (non-hydrogen) atoms. The molecule has 0 radical (unpaired) electrons. The number of hydrogen-bond acceptors (Lipinski definition) is 3. The molecular weight excluding hydrogens is 317 g/mol. The van der Waals surface area contributed by atoms with Crippen molar-refractivity contribution in [1.82, 2.24) is 4.90 Å². The number of nitrogens with zero attached hydrogens (tertiary/aromatic N) is 1. The Morgan fingerprint density at radius 3 is 2.71 bits per heavy atom. The van der Waals surface area contributed by atoms with Gasteiger partial charge in [-0.25, -0.2) is 12.8 Å². The molecule has 4 nitrogen and oxygen atoms in total. The predicted octanol–water partition coefficient (Wildman–Crippen LogP) is 3.16. The van der Waals surface area contributed by atoms with E-state index in [2.05, 4.69) is 0 Å². The first-order valence-electron chi connectivity index (χ1n) is 6.86. The van der Waals surface area contributed by atoms with Crippen LogP contribution in [0.25, 0.3) is 0 Å². The molecule has 1 aromatic carbocycles. The van der Waals surface area contributed by atoms with Gasteiger partial charge in [0, 0.05) is 23.3 Å². The molecule has 1 aliphatic heterocycles. The monoisotopic (exact) mass is 333 g/mol. The lowest BCUT2D eigenvalue weighted by atomic mass is 10.1. The van der Waals surface area contributed by atoms with Crippen molar-refractivity contribution in [2.45, 2.75) is 43.5 Å². The second kappa shape index (κ2) is 6.32. The molecule has 0 bridgehead atoms. The largest absolute Gasteiger partial charge is 0.336 e. The van der Waals surface area contributed by atoms with Crippen LogP contribution in [-0.2, 0) is 9.05 Å². The van der Waals surface area contributed by atoms with Crippen LogP contribution in [-0.4, -0.2) is 31.8 Å². The van der Waals surface area contributed by atoms with E-state index in [0.29, 0.717) is 6.54 Å². The van der Waals surface area contributed by atoms with Crippen LogP contribution < -0.4 is 0 Å². The average Bonchev–Trinajstić information content (AvgIpc) is 2.61. The molecule has 1 saturated heterocycles. The van der Waals surface area contributed by atoms with Crippen LogP contribution in [0.3, 0.4) is 0 Å². The number of rotatable bonds is 2. The van der Waals surface area contributed by atoms with Crippen LogP contribution in [0, 0.1) is 5.82 Å². The molecule has 0 aliphatic carbocycles. The van der Waals surface area contributed by atoms with Gasteiger partial charge in [-0.1, -0.05) is 12.8 Å². The number of carbonyl (C=O) groups is 1. The van der Waals surface area contributed by atoms with Crippen LogP contribution in [0.4, 0.5) is 4.39 Å². The van der Waals surface area contributed by atoms with Gasteiger partial charge in [-0.05, 0) is 38.0 Å². The molecular formula is C14H17ClFNO3S. The van der Waals surface area contributed by atoms with Gasteiger partial charge in [0.05, 0.1) is 10.5 Å². The van der Waals surface area contributed by atoms with Gasteiger partial charge in [-0.2, -0.15) is 0 Å². The van der Waals surface area contributed by atoms with E-state index in [1.165, 1.54) is 0 Å². The summed E-state index contributed by atoms with van der Waals surface area (Å²) in [6.07, 6.45) is 3.76. The summed E-state index contributed by atoms with van der Waals surface area (Å²) in [5.41, 5.74) is -0.196. The third-order valence-electron chi connectivity index (χ3n) is 3.75. The average molecular weight is 334 g/mol. The van der Waals surface area contributed by atoms with Crippen molar-refractivity contribution in [3.63, 3.8) is 0 Å². The van der Waals surface area contributed by atoms with Crippen molar-refractivity contribution in [2.24, 2.45) is 0 Å². The summed E-state index contributed by atoms with van der Waals surface area (Å²) in [4.78, 5) is 13.9. The smallest absolute Gasteiger partial charge is 0.262 e. The summed E-state index contributed by atoms with van der Waals surface area (Å²) in [5.74, 6) is -1.15. The van der Waals surface area contributed by atoms with Gasteiger partial charge in [0.1, 0.15) is 5.82 Å². The van der Waals surface area contributed by atoms with E-state index in [-0.39, 0.29) is 16.5 Å². The molecule has 1 aliphatic rings. The zero-order chi connectivity index (χ0) is 15.6. The van der Waals surface area contributed by atoms with E-state index >= 15 is 0 Å². The topological polar surface area (TPSA) is 54.5 Å². The summed E-state index contributed by atoms with van der Waals surface area (Å²) >= 11 is 0. The molecule has 0 aromatic heterocycles. The molecule has 1 atom stereocenters. The van der Waals surface area contributed by atoms with Gasteiger partial charge in [0.15, 0.2) is 0 Å². The third-order valence-corrected chi connectivity index (χ3v) is 5.13. The summed E-state index contributed by atoms with van der Waals surface area (Å²) in [6, 6.07) is 2.95. The van der Waals surface area contributed by atoms with E-state index < -0.39 is 20.8 Å². The van der Waals surface area contributed by atoms with Gasteiger partial charge in [-0.15, -0.1) is 0 Å². The van der Waals surface area contributed by atoms with E-state index in [1.807, 2.05) is 6.92 Å². The highest BCUT2D eigenvalue weighted by molar-refractivity contribution is 8.13. The number of likely N-dealkylation sites (tertiary alicyclic amines) is 1. The van der Waals surface area contributed by atoms with Crippen LogP contribution in [0.2, 0.25) is 0 Å². The van der Waals surface area contributed by atoms with Crippen LogP contribution >= 0.6 is 10.7 Å². The maximum absolute atomic E-state index is 13.4. The molecule has 7 heteroatoms. The fourth-order valence-electron chi connectivity index (χ4n) is 2.61. The zero-order valence-electron chi connectivity index (χ0n) is 11.7. The fraction of sp³-hybridized carbons (Fsp3) is 0.500. The first kappa shape index (κ1) is 16.2. The highest BCUT2D eigenvalue weighted by atomic mass is 35.7. The van der Waals surface area contributed by atoms with Crippen LogP contribution in [0.5, 0.6) is 0 Å². The second-order valence-corrected chi connectivity index (χ2v) is 7.81. The van der Waals surface area contributed by atoms with Gasteiger partial charge in [0.25, 0.3) is 15.0 Å². The van der Waals surface area contributed by atoms with Crippen molar-refractivity contribution in [3.05, 3.63) is 29.6 Å². The number of benzene rings is 1. The Labute approximate surface area is 128 Å². The van der Waals surface area contributed by atoms with E-state index in [9.17, 15) is 17.6 Å². The summed E-state index contributed by atoms with van der Waals surface area (Å²) < 4.78 is 36.6. The summed E-state index contributed by atoms with van der Waals surface area (Å²) in [7, 11) is 1.24. The van der Waals surface area contributed by atoms with E-state index in [0.717, 1.165) is 43.9 Å². The van der Waals surface area contributed by atoms with E-state index in [1.54, 1.807) is 4.90 Å². The van der Waals surface area contributed by atoms with Crippen molar-refractivity contribution in [3.8, 4) is 0 Å². The lowest BCUT2D eigenvalue weighted by molar-refractivity contribution is 0.0693. The van der Waals surface area contributed by atoms with E-state index in [4.69, 9.17) is 10.7 Å². The zero-order valence-corrected chi connectivity index (χ0v) is 13.3. The van der Waals surface area contributed by atoms with Crippen molar-refractivity contribution < 1.29 is 17.6 Å². The normalized spacial score (nSPS) is 20.1. The molecule has 1 amide bonds. The molecule has 0 N–H and O–H groups in total. The lowest BCUT2D eigenvalue weighted by Gasteiger charge is -2.27. The Morgan fingerprint density at radius 1 is 1.33 bits per heavy atom. The molecule has 1 unspecified atom stereocenters. The Kier molecular flexibility index (Phi) is 4.88. The summed E-state index contributed by atoms with van der Waals surface area (Å²) in [5, 5.41) is 0. The molecule has 1 heterocycles. The molecule has 116 valence electrons. The molecule has 1 aromatic rings. The number of halogens is 2. The summed E-state index contributed by atoms with van der Waals surface area (Å²) in [6.45, 7) is 2.45. The number of carbonyl (C=O) groups excluding carboxylic acids is 1. The fourth-order valence-corrected chi connectivity index (χ4v) is 3.66. The van der Waals surface area contributed by atoms with Gasteiger partial charge in [-0.3, -0.25) is 4.79 Å². The lowest BCUT2D eigenvalue weighted by Crippen LogP contribution is -2.38. The predicted molar refractivity (Wildman–Crippen MR) is 78.4 cm³/mol. The minimum atomic E-state index is -4.10. The Balaban J connectivity index is 2.44. The van der Waals surface area contributed by atoms with Crippen molar-refractivity contribution in [1.29, 1.82) is 0 Å². The van der Waals surface area contributed by atoms with Crippen LogP contribution in [0.15, 0.2) is 23.1 Å². The van der Waals surface area contributed by atoms with Crippen molar-refractivity contribution in [2.75, 3.05) is 6.54 Å². The first-order chi connectivity index (χ1) is 9.80. The molecule has 0 saturated carbocycles. The van der Waals surface area contributed by atoms with Crippen LogP contribution in [0.1, 0.15) is 43.0 Å². The molecule has 2 rings (SSSR count).